The fourth-order valence-corrected chi connectivity index (χ4v) is 3.57. The molecule has 2 atom stereocenters. The average Bonchev–Trinajstić information content (AvgIpc) is 2.56. The van der Waals surface area contributed by atoms with Crippen molar-refractivity contribution in [3.05, 3.63) is 30.1 Å². The van der Waals surface area contributed by atoms with Crippen molar-refractivity contribution in [2.45, 2.75) is 51.6 Å². The topological polar surface area (TPSA) is 73.8 Å². The van der Waals surface area contributed by atoms with E-state index in [0.29, 0.717) is 5.84 Å². The molecule has 1 saturated carbocycles. The highest BCUT2D eigenvalue weighted by molar-refractivity contribution is 6.08. The van der Waals surface area contributed by atoms with Crippen molar-refractivity contribution in [1.29, 1.82) is 0 Å². The summed E-state index contributed by atoms with van der Waals surface area (Å²) in [4.78, 5) is 30.5. The molecule has 3 rings (SSSR count). The van der Waals surface area contributed by atoms with Crippen molar-refractivity contribution in [3.8, 4) is 0 Å². The van der Waals surface area contributed by atoms with E-state index in [0.717, 1.165) is 25.7 Å². The van der Waals surface area contributed by atoms with Crippen LogP contribution in [-0.4, -0.2) is 34.9 Å². The van der Waals surface area contributed by atoms with E-state index in [-0.39, 0.29) is 29.7 Å². The molecule has 1 aliphatic carbocycles. The van der Waals surface area contributed by atoms with Crippen molar-refractivity contribution in [1.82, 2.24) is 10.2 Å². The Labute approximate surface area is 146 Å². The number of para-hydroxylation sites is 1. The summed E-state index contributed by atoms with van der Waals surface area (Å²) in [6, 6.07) is 4.94. The van der Waals surface area contributed by atoms with Gasteiger partial charge in [0.05, 0.1) is 5.69 Å². The van der Waals surface area contributed by atoms with Gasteiger partial charge >= 0.3 is 12.1 Å². The lowest BCUT2D eigenvalue weighted by atomic mass is 9.81. The molecule has 1 saturated heterocycles. The van der Waals surface area contributed by atoms with Crippen molar-refractivity contribution in [2.75, 3.05) is 5.32 Å². The first-order valence-electron chi connectivity index (χ1n) is 8.71. The predicted molar refractivity (Wildman–Crippen MR) is 94.1 cm³/mol. The molecule has 25 heavy (non-hydrogen) atoms. The molecule has 1 aliphatic heterocycles. The number of fused-ring (bicyclic) bond motifs is 1. The van der Waals surface area contributed by atoms with E-state index >= 15 is 0 Å². The first kappa shape index (κ1) is 17.4. The lowest BCUT2D eigenvalue weighted by Crippen LogP contribution is -2.62. The number of halogens is 1. The molecule has 0 spiro atoms. The molecule has 0 aromatic heterocycles. The number of hydrogen-bond acceptors (Lipinski definition) is 2. The molecule has 2 unspecified atom stereocenters. The molecule has 2 fully saturated rings. The van der Waals surface area contributed by atoms with Gasteiger partial charge in [-0.3, -0.25) is 4.90 Å². The van der Waals surface area contributed by atoms with Crippen LogP contribution in [-0.2, 0) is 0 Å². The van der Waals surface area contributed by atoms with Gasteiger partial charge in [0.25, 0.3) is 0 Å². The van der Waals surface area contributed by atoms with Gasteiger partial charge in [-0.25, -0.2) is 14.0 Å². The van der Waals surface area contributed by atoms with Crippen LogP contribution in [0.3, 0.4) is 0 Å². The monoisotopic (exact) mass is 346 g/mol. The van der Waals surface area contributed by atoms with E-state index in [9.17, 15) is 14.0 Å². The van der Waals surface area contributed by atoms with Gasteiger partial charge in [-0.05, 0) is 38.8 Å². The minimum atomic E-state index is -0.662. The second kappa shape index (κ2) is 7.21. The number of aliphatic imine (C=N–C) groups is 1. The van der Waals surface area contributed by atoms with E-state index in [4.69, 9.17) is 0 Å². The summed E-state index contributed by atoms with van der Waals surface area (Å²) in [6.07, 6.45) is 3.85. The molecule has 6 nitrogen and oxygen atoms in total. The molecule has 134 valence electrons. The van der Waals surface area contributed by atoms with Gasteiger partial charge in [-0.1, -0.05) is 25.0 Å². The lowest BCUT2D eigenvalue weighted by molar-refractivity contribution is 0.180. The van der Waals surface area contributed by atoms with Gasteiger partial charge in [0.2, 0.25) is 0 Å². The molecule has 0 bridgehead atoms. The predicted octanol–water partition coefficient (Wildman–Crippen LogP) is 3.75. The van der Waals surface area contributed by atoms with Crippen LogP contribution in [0.2, 0.25) is 0 Å². The first-order valence-corrected chi connectivity index (χ1v) is 8.71. The van der Waals surface area contributed by atoms with Crippen molar-refractivity contribution in [3.63, 3.8) is 0 Å². The number of anilines is 1. The molecule has 7 heteroatoms. The van der Waals surface area contributed by atoms with E-state index in [1.807, 2.05) is 13.8 Å². The highest BCUT2D eigenvalue weighted by Gasteiger charge is 2.41. The molecular formula is C18H23FN4O2. The molecular weight excluding hydrogens is 323 g/mol. The Bertz CT molecular complexity index is 704. The fraction of sp³-hybridized carbons (Fsp3) is 0.500. The third-order valence-electron chi connectivity index (χ3n) is 4.72. The third-order valence-corrected chi connectivity index (χ3v) is 4.72. The second-order valence-corrected chi connectivity index (χ2v) is 6.79. The number of carbonyl (C=O) groups is 2. The Kier molecular flexibility index (Phi) is 5.01. The Hall–Kier alpha value is -2.44. The number of nitrogens with one attached hydrogen (secondary N) is 2. The number of amidine groups is 1. The van der Waals surface area contributed by atoms with Crippen LogP contribution in [0.1, 0.15) is 39.5 Å². The zero-order valence-corrected chi connectivity index (χ0v) is 14.5. The quantitative estimate of drug-likeness (QED) is 0.856. The first-order chi connectivity index (χ1) is 12.0. The highest BCUT2D eigenvalue weighted by Crippen LogP contribution is 2.31. The summed E-state index contributed by atoms with van der Waals surface area (Å²) in [5.41, 5.74) is 0.0772. The summed E-state index contributed by atoms with van der Waals surface area (Å²) in [7, 11) is 0. The average molecular weight is 346 g/mol. The number of nitrogens with zero attached hydrogens (tertiary/aromatic N) is 2. The van der Waals surface area contributed by atoms with Gasteiger partial charge in [-0.2, -0.15) is 4.99 Å². The Balaban J connectivity index is 1.88. The van der Waals surface area contributed by atoms with Gasteiger partial charge in [0, 0.05) is 18.0 Å². The van der Waals surface area contributed by atoms with Crippen LogP contribution in [0.5, 0.6) is 0 Å². The van der Waals surface area contributed by atoms with Gasteiger partial charge in [-0.15, -0.1) is 0 Å². The standard InChI is InChI=1S/C18H23FN4O2/c1-11(2)23-16(12-7-3-5-9-14(12)21-18(23)25)22-17(24)20-15-10-6-4-8-13(15)19/h4,6,8,10-12,14H,3,5,7,9H2,1-2H3,(H,20,24)(H,21,25)/b22-16+. The molecule has 1 heterocycles. The van der Waals surface area contributed by atoms with Gasteiger partial charge < -0.3 is 10.6 Å². The number of urea groups is 2. The summed E-state index contributed by atoms with van der Waals surface area (Å²) in [5.74, 6) is -0.0220. The van der Waals surface area contributed by atoms with Crippen LogP contribution in [0.4, 0.5) is 19.7 Å². The second-order valence-electron chi connectivity index (χ2n) is 6.79. The Morgan fingerprint density at radius 1 is 1.32 bits per heavy atom. The van der Waals surface area contributed by atoms with E-state index < -0.39 is 11.8 Å². The molecule has 2 aliphatic rings. The summed E-state index contributed by atoms with van der Waals surface area (Å²) in [6.45, 7) is 3.76. The minimum Gasteiger partial charge on any atom is -0.334 e. The maximum Gasteiger partial charge on any atom is 0.347 e. The van der Waals surface area contributed by atoms with Crippen LogP contribution in [0.25, 0.3) is 0 Å². The Morgan fingerprint density at radius 2 is 2.04 bits per heavy atom. The third kappa shape index (κ3) is 3.65. The smallest absolute Gasteiger partial charge is 0.334 e. The largest absolute Gasteiger partial charge is 0.347 e. The zero-order chi connectivity index (χ0) is 18.0. The SMILES string of the molecule is CC(C)N1C(=O)NC2CCCCC2/C1=N\C(=O)Nc1ccccc1F. The number of rotatable bonds is 2. The van der Waals surface area contributed by atoms with Crippen LogP contribution in [0, 0.1) is 11.7 Å². The number of hydrogen-bond donors (Lipinski definition) is 2. The number of amides is 4. The summed E-state index contributed by atoms with van der Waals surface area (Å²) in [5, 5.41) is 5.49. The van der Waals surface area contributed by atoms with E-state index in [2.05, 4.69) is 15.6 Å². The minimum absolute atomic E-state index is 0.0104. The maximum atomic E-state index is 13.7. The lowest BCUT2D eigenvalue weighted by Gasteiger charge is -2.43. The van der Waals surface area contributed by atoms with Crippen LogP contribution >= 0.6 is 0 Å². The van der Waals surface area contributed by atoms with Crippen molar-refractivity contribution in [2.24, 2.45) is 10.9 Å². The molecule has 2 N–H and O–H groups in total. The van der Waals surface area contributed by atoms with Crippen molar-refractivity contribution >= 4 is 23.6 Å². The molecule has 1 aromatic rings. The fourth-order valence-electron chi connectivity index (χ4n) is 3.57. The Morgan fingerprint density at radius 3 is 2.76 bits per heavy atom. The maximum absolute atomic E-state index is 13.7. The van der Waals surface area contributed by atoms with Crippen LogP contribution < -0.4 is 10.6 Å². The van der Waals surface area contributed by atoms with Gasteiger partial charge in [0.1, 0.15) is 11.7 Å². The number of benzene rings is 1. The highest BCUT2D eigenvalue weighted by atomic mass is 19.1. The van der Waals surface area contributed by atoms with Crippen LogP contribution in [0.15, 0.2) is 29.3 Å². The number of carbonyl (C=O) groups excluding carboxylic acids is 2. The molecule has 1 aromatic carbocycles. The molecule has 0 radical (unpaired) electrons. The normalized spacial score (nSPS) is 24.9. The van der Waals surface area contributed by atoms with E-state index in [1.165, 1.54) is 17.0 Å². The summed E-state index contributed by atoms with van der Waals surface area (Å²) >= 11 is 0. The van der Waals surface area contributed by atoms with E-state index in [1.54, 1.807) is 12.1 Å². The molecule has 4 amide bonds. The zero-order valence-electron chi connectivity index (χ0n) is 14.5. The van der Waals surface area contributed by atoms with Crippen molar-refractivity contribution < 1.29 is 14.0 Å². The van der Waals surface area contributed by atoms with Gasteiger partial charge in [0.15, 0.2) is 0 Å². The summed E-state index contributed by atoms with van der Waals surface area (Å²) < 4.78 is 13.7.